The molecule has 15 unspecified atom stereocenters. The van der Waals surface area contributed by atoms with Crippen molar-refractivity contribution in [2.24, 2.45) is 65.1 Å². The van der Waals surface area contributed by atoms with Gasteiger partial charge in [-0.1, -0.05) is 54.9 Å². The molecule has 0 spiro atoms. The fourth-order valence-corrected chi connectivity index (χ4v) is 10.6. The molecule has 5 rings (SSSR count). The molecular formula is C37H60F8O3. The zero-order valence-corrected chi connectivity index (χ0v) is 30.3. The summed E-state index contributed by atoms with van der Waals surface area (Å²) in [5.74, 6) is 1.86. The molecule has 282 valence electrons. The molecule has 11 heteroatoms. The Morgan fingerprint density at radius 3 is 1.58 bits per heavy atom. The highest BCUT2D eigenvalue weighted by Crippen LogP contribution is 2.63. The molecule has 5 aliphatic carbocycles. The number of aliphatic hydroxyl groups is 1. The molecule has 5 saturated carbocycles. The van der Waals surface area contributed by atoms with Gasteiger partial charge >= 0.3 is 12.4 Å². The minimum absolute atomic E-state index is 0.0952. The predicted molar refractivity (Wildman–Crippen MR) is 169 cm³/mol. The highest BCUT2D eigenvalue weighted by Gasteiger charge is 2.65. The van der Waals surface area contributed by atoms with Gasteiger partial charge in [0.15, 0.2) is 11.2 Å². The Morgan fingerprint density at radius 1 is 0.708 bits per heavy atom. The fraction of sp³-hybridized carbons (Fsp3) is 1.00. The molecule has 15 atom stereocenters. The number of alkyl halides is 8. The summed E-state index contributed by atoms with van der Waals surface area (Å²) < 4.78 is 122. The Labute approximate surface area is 282 Å². The lowest BCUT2D eigenvalue weighted by atomic mass is 9.70. The molecule has 0 radical (unpaired) electrons. The Morgan fingerprint density at radius 2 is 1.19 bits per heavy atom. The molecular weight excluding hydrogens is 644 g/mol. The maximum atomic E-state index is 15.8. The number of hydrogen-bond donors (Lipinski definition) is 1. The van der Waals surface area contributed by atoms with E-state index in [1.807, 2.05) is 20.8 Å². The molecule has 0 aromatic carbocycles. The molecule has 0 amide bonds. The van der Waals surface area contributed by atoms with Crippen LogP contribution in [0, 0.1) is 65.1 Å². The molecule has 3 nitrogen and oxygen atoms in total. The van der Waals surface area contributed by atoms with Gasteiger partial charge in [0.05, 0.1) is 6.10 Å². The molecule has 0 heterocycles. The third-order valence-corrected chi connectivity index (χ3v) is 14.2. The van der Waals surface area contributed by atoms with Crippen LogP contribution in [0.3, 0.4) is 0 Å². The standard InChI is InChI=1S/C24H40F4O2.C13H20F4O/c1-14(2)19-8-7-15(3)9-21(19)29-13-30-22(6,24(26,27)28)12-23(25)11-18-10-20(23)17(5)16(18)4;1-7-8(2)10-4-9(7)5-12(10,14)6-11(3,18)13(15,16)17/h14-21H,7-13H2,1-6H3;7-10,18H,4-6H2,1-3H3. The van der Waals surface area contributed by atoms with Gasteiger partial charge in [0.1, 0.15) is 18.1 Å². The van der Waals surface area contributed by atoms with Gasteiger partial charge in [-0.05, 0) is 117 Å². The molecule has 0 saturated heterocycles. The second kappa shape index (κ2) is 13.7. The highest BCUT2D eigenvalue weighted by molar-refractivity contribution is 5.11. The average Bonchev–Trinajstić information content (AvgIpc) is 3.62. The van der Waals surface area contributed by atoms with Gasteiger partial charge in [-0.15, -0.1) is 0 Å². The van der Waals surface area contributed by atoms with Crippen molar-refractivity contribution in [3.05, 3.63) is 0 Å². The first-order valence-corrected chi connectivity index (χ1v) is 18.2. The summed E-state index contributed by atoms with van der Waals surface area (Å²) in [6.07, 6.45) is -6.29. The number of hydrogen-bond acceptors (Lipinski definition) is 3. The van der Waals surface area contributed by atoms with Crippen LogP contribution in [0.4, 0.5) is 35.1 Å². The smallest absolute Gasteiger partial charge is 0.381 e. The van der Waals surface area contributed by atoms with E-state index in [4.69, 9.17) is 9.47 Å². The van der Waals surface area contributed by atoms with Crippen LogP contribution in [0.5, 0.6) is 0 Å². The lowest BCUT2D eigenvalue weighted by Crippen LogP contribution is -2.53. The summed E-state index contributed by atoms with van der Waals surface area (Å²) in [5, 5.41) is 9.49. The van der Waals surface area contributed by atoms with Crippen molar-refractivity contribution in [3.8, 4) is 0 Å². The number of halogens is 8. The van der Waals surface area contributed by atoms with E-state index in [0.717, 1.165) is 26.2 Å². The van der Waals surface area contributed by atoms with Crippen LogP contribution < -0.4 is 0 Å². The molecule has 48 heavy (non-hydrogen) atoms. The van der Waals surface area contributed by atoms with Gasteiger partial charge in [-0.3, -0.25) is 0 Å². The number of fused-ring (bicyclic) bond motifs is 4. The first-order chi connectivity index (χ1) is 21.8. The van der Waals surface area contributed by atoms with Crippen LogP contribution in [-0.4, -0.2) is 52.9 Å². The second-order valence-corrected chi connectivity index (χ2v) is 17.8. The van der Waals surface area contributed by atoms with E-state index in [9.17, 15) is 35.8 Å². The van der Waals surface area contributed by atoms with Gasteiger partial charge < -0.3 is 14.6 Å². The van der Waals surface area contributed by atoms with Crippen LogP contribution in [0.2, 0.25) is 0 Å². The van der Waals surface area contributed by atoms with E-state index in [2.05, 4.69) is 27.7 Å². The first kappa shape index (κ1) is 40.1. The van der Waals surface area contributed by atoms with Gasteiger partial charge in [0, 0.05) is 12.8 Å². The molecule has 1 N–H and O–H groups in total. The van der Waals surface area contributed by atoms with E-state index < -0.39 is 54.5 Å². The summed E-state index contributed by atoms with van der Waals surface area (Å²) in [6.45, 7) is 15.7. The quantitative estimate of drug-likeness (QED) is 0.192. The number of ether oxygens (including phenoxy) is 2. The van der Waals surface area contributed by atoms with E-state index in [-0.39, 0.29) is 54.5 Å². The Kier molecular flexibility index (Phi) is 11.4. The number of rotatable bonds is 9. The average molecular weight is 705 g/mol. The zero-order chi connectivity index (χ0) is 36.4. The Bertz CT molecular complexity index is 1090. The molecule has 5 aliphatic rings. The largest absolute Gasteiger partial charge is 0.417 e. The van der Waals surface area contributed by atoms with Crippen LogP contribution in [0.25, 0.3) is 0 Å². The summed E-state index contributed by atoms with van der Waals surface area (Å²) >= 11 is 0. The lowest BCUT2D eigenvalue weighted by molar-refractivity contribution is -0.309. The van der Waals surface area contributed by atoms with Crippen LogP contribution >= 0.6 is 0 Å². The Hall–Kier alpha value is -0.680. The normalized spacial score (nSPS) is 45.2. The summed E-state index contributed by atoms with van der Waals surface area (Å²) in [5.41, 5.74) is -9.16. The molecule has 5 fully saturated rings. The summed E-state index contributed by atoms with van der Waals surface area (Å²) in [4.78, 5) is 0. The molecule has 0 aromatic rings. The minimum Gasteiger partial charge on any atom is -0.381 e. The van der Waals surface area contributed by atoms with Crippen molar-refractivity contribution >= 4 is 0 Å². The van der Waals surface area contributed by atoms with Crippen LogP contribution in [-0.2, 0) is 9.47 Å². The third-order valence-electron chi connectivity index (χ3n) is 14.2. The van der Waals surface area contributed by atoms with Crippen molar-refractivity contribution in [2.45, 2.75) is 161 Å². The summed E-state index contributed by atoms with van der Waals surface area (Å²) in [6, 6.07) is 0. The third kappa shape index (κ3) is 7.73. The predicted octanol–water partition coefficient (Wildman–Crippen LogP) is 10.9. The van der Waals surface area contributed by atoms with E-state index in [1.54, 1.807) is 0 Å². The maximum Gasteiger partial charge on any atom is 0.417 e. The van der Waals surface area contributed by atoms with Crippen LogP contribution in [0.1, 0.15) is 120 Å². The zero-order valence-electron chi connectivity index (χ0n) is 30.3. The fourth-order valence-electron chi connectivity index (χ4n) is 10.6. The van der Waals surface area contributed by atoms with Crippen molar-refractivity contribution in [2.75, 3.05) is 6.79 Å². The van der Waals surface area contributed by atoms with E-state index >= 15 is 4.39 Å². The minimum atomic E-state index is -4.78. The monoisotopic (exact) mass is 704 g/mol. The lowest BCUT2D eigenvalue weighted by Gasteiger charge is -2.43. The van der Waals surface area contributed by atoms with E-state index in [1.165, 1.54) is 0 Å². The molecule has 4 bridgehead atoms. The topological polar surface area (TPSA) is 38.7 Å². The second-order valence-electron chi connectivity index (χ2n) is 17.8. The van der Waals surface area contributed by atoms with Gasteiger partial charge in [0.25, 0.3) is 0 Å². The maximum absolute atomic E-state index is 15.8. The van der Waals surface area contributed by atoms with Gasteiger partial charge in [-0.2, -0.15) is 26.3 Å². The van der Waals surface area contributed by atoms with Crippen molar-refractivity contribution in [3.63, 3.8) is 0 Å². The van der Waals surface area contributed by atoms with Gasteiger partial charge in [0.2, 0.25) is 0 Å². The van der Waals surface area contributed by atoms with Gasteiger partial charge in [-0.25, -0.2) is 8.78 Å². The highest BCUT2D eigenvalue weighted by atomic mass is 19.4. The van der Waals surface area contributed by atoms with Crippen LogP contribution in [0.15, 0.2) is 0 Å². The van der Waals surface area contributed by atoms with Crippen molar-refractivity contribution < 1.29 is 49.7 Å². The Balaban J connectivity index is 0.000000246. The van der Waals surface area contributed by atoms with E-state index in [0.29, 0.717) is 49.4 Å². The molecule has 0 aromatic heterocycles. The first-order valence-electron chi connectivity index (χ1n) is 18.2. The molecule has 0 aliphatic heterocycles. The SMILES string of the molecule is CC1C2CC(C1C)C(F)(CC(C)(O)C(F)(F)F)C2.CC1CCC(C(C)C)C(OCOC(C)(CC2(F)CC3CC2C(C)C3C)C(F)(F)F)C1. The van der Waals surface area contributed by atoms with Crippen molar-refractivity contribution in [1.29, 1.82) is 0 Å². The summed E-state index contributed by atoms with van der Waals surface area (Å²) in [7, 11) is 0. The van der Waals surface area contributed by atoms with Crippen molar-refractivity contribution in [1.82, 2.24) is 0 Å².